The minimum atomic E-state index is -0.319. The minimum absolute atomic E-state index is 0.102. The molecule has 0 saturated carbocycles. The van der Waals surface area contributed by atoms with E-state index in [1.165, 1.54) is 0 Å². The van der Waals surface area contributed by atoms with Crippen LogP contribution >= 0.6 is 0 Å². The van der Waals surface area contributed by atoms with Gasteiger partial charge in [0.1, 0.15) is 22.9 Å². The van der Waals surface area contributed by atoms with E-state index in [1.54, 1.807) is 25.3 Å². The van der Waals surface area contributed by atoms with Crippen LogP contribution in [0.5, 0.6) is 11.5 Å². The number of phenols is 1. The molecule has 1 amide bonds. The number of fused-ring (bicyclic) bond motifs is 1. The number of hydrogen-bond donors (Lipinski definition) is 2. The van der Waals surface area contributed by atoms with Gasteiger partial charge in [0.05, 0.1) is 19.3 Å². The van der Waals surface area contributed by atoms with Gasteiger partial charge in [-0.25, -0.2) is 0 Å². The fourth-order valence-electron chi connectivity index (χ4n) is 3.99. The smallest absolute Gasteiger partial charge is 0.273 e. The predicted molar refractivity (Wildman–Crippen MR) is 117 cm³/mol. The maximum Gasteiger partial charge on any atom is 0.273 e. The zero-order valence-corrected chi connectivity index (χ0v) is 18.0. The van der Waals surface area contributed by atoms with Gasteiger partial charge >= 0.3 is 0 Å². The highest BCUT2D eigenvalue weighted by Gasteiger charge is 2.42. The molecule has 162 valence electrons. The molecule has 7 heteroatoms. The summed E-state index contributed by atoms with van der Waals surface area (Å²) in [6.45, 7) is 5.12. The second-order valence-electron chi connectivity index (χ2n) is 7.83. The molecule has 31 heavy (non-hydrogen) atoms. The van der Waals surface area contributed by atoms with Crippen molar-refractivity contribution in [2.45, 2.75) is 32.4 Å². The fourth-order valence-corrected chi connectivity index (χ4v) is 3.99. The van der Waals surface area contributed by atoms with Crippen molar-refractivity contribution in [1.29, 1.82) is 0 Å². The number of H-pyrrole nitrogens is 1. The van der Waals surface area contributed by atoms with Crippen LogP contribution in [0.15, 0.2) is 48.5 Å². The molecule has 0 spiro atoms. The van der Waals surface area contributed by atoms with E-state index in [2.05, 4.69) is 10.2 Å². The monoisotopic (exact) mass is 421 g/mol. The average Bonchev–Trinajstić information content (AvgIpc) is 3.31. The lowest BCUT2D eigenvalue weighted by Gasteiger charge is -2.26. The highest BCUT2D eigenvalue weighted by molar-refractivity contribution is 6.00. The third-order valence-corrected chi connectivity index (χ3v) is 5.45. The van der Waals surface area contributed by atoms with Crippen molar-refractivity contribution in [2.75, 3.05) is 20.3 Å². The van der Waals surface area contributed by atoms with Crippen LogP contribution < -0.4 is 4.74 Å². The zero-order valence-electron chi connectivity index (χ0n) is 18.0. The SMILES string of the molecule is COc1ccc(C2c3c(-c4ccccc4O)n[nH]c3C(=O)N2CCCOC(C)C)cc1. The van der Waals surface area contributed by atoms with Crippen molar-refractivity contribution < 1.29 is 19.4 Å². The van der Waals surface area contributed by atoms with Crippen molar-refractivity contribution in [3.05, 3.63) is 65.4 Å². The Balaban J connectivity index is 1.74. The molecule has 2 aromatic carbocycles. The molecule has 1 aliphatic heterocycles. The molecule has 3 aromatic rings. The molecule has 0 saturated heterocycles. The summed E-state index contributed by atoms with van der Waals surface area (Å²) in [6.07, 6.45) is 0.872. The Bertz CT molecular complexity index is 1060. The number of aromatic hydroxyl groups is 1. The summed E-state index contributed by atoms with van der Waals surface area (Å²) in [5, 5.41) is 17.7. The van der Waals surface area contributed by atoms with Gasteiger partial charge in [-0.1, -0.05) is 24.3 Å². The summed E-state index contributed by atoms with van der Waals surface area (Å²) >= 11 is 0. The number of hydrogen-bond acceptors (Lipinski definition) is 5. The number of rotatable bonds is 8. The standard InChI is InChI=1S/C24H27N3O4/c1-15(2)31-14-6-13-27-23(16-9-11-17(30-3)12-10-16)20-21(25-26-22(20)24(27)29)18-7-4-5-8-19(18)28/h4-5,7-12,15,23,28H,6,13-14H2,1-3H3,(H,25,26). The molecular weight excluding hydrogens is 394 g/mol. The van der Waals surface area contributed by atoms with Gasteiger partial charge in [-0.3, -0.25) is 9.89 Å². The Morgan fingerprint density at radius 3 is 2.58 bits per heavy atom. The van der Waals surface area contributed by atoms with Crippen LogP contribution in [0.1, 0.15) is 47.9 Å². The Morgan fingerprint density at radius 2 is 1.90 bits per heavy atom. The second kappa shape index (κ2) is 8.81. The van der Waals surface area contributed by atoms with Crippen molar-refractivity contribution in [2.24, 2.45) is 0 Å². The van der Waals surface area contributed by atoms with Crippen molar-refractivity contribution in [3.8, 4) is 22.8 Å². The number of aromatic nitrogens is 2. The summed E-state index contributed by atoms with van der Waals surface area (Å²) in [5.41, 5.74) is 3.38. The molecular formula is C24H27N3O4. The number of nitrogens with one attached hydrogen (secondary N) is 1. The largest absolute Gasteiger partial charge is 0.507 e. The van der Waals surface area contributed by atoms with Gasteiger partial charge in [-0.15, -0.1) is 0 Å². The quantitative estimate of drug-likeness (QED) is 0.534. The number of phenolic OH excluding ortho intramolecular Hbond substituents is 1. The molecule has 1 aliphatic rings. The number of aromatic amines is 1. The van der Waals surface area contributed by atoms with Crippen molar-refractivity contribution >= 4 is 5.91 Å². The van der Waals surface area contributed by atoms with Crippen molar-refractivity contribution in [1.82, 2.24) is 15.1 Å². The highest BCUT2D eigenvalue weighted by Crippen LogP contribution is 2.44. The molecule has 0 aliphatic carbocycles. The lowest BCUT2D eigenvalue weighted by Crippen LogP contribution is -2.31. The first-order valence-corrected chi connectivity index (χ1v) is 10.4. The maximum atomic E-state index is 13.3. The normalized spacial score (nSPS) is 15.5. The number of para-hydroxylation sites is 1. The molecule has 1 atom stereocenters. The van der Waals surface area contributed by atoms with Crippen LogP contribution in [-0.2, 0) is 4.74 Å². The minimum Gasteiger partial charge on any atom is -0.507 e. The number of benzene rings is 2. The number of amides is 1. The number of carbonyl (C=O) groups excluding carboxylic acids is 1. The van der Waals surface area contributed by atoms with Gasteiger partial charge in [0.25, 0.3) is 5.91 Å². The Morgan fingerprint density at radius 1 is 1.16 bits per heavy atom. The third kappa shape index (κ3) is 4.01. The van der Waals surface area contributed by atoms with E-state index in [0.29, 0.717) is 30.1 Å². The molecule has 0 fully saturated rings. The summed E-state index contributed by atoms with van der Waals surface area (Å²) in [6, 6.07) is 14.4. The van der Waals surface area contributed by atoms with Gasteiger partial charge in [0.2, 0.25) is 0 Å². The van der Waals surface area contributed by atoms with E-state index >= 15 is 0 Å². The molecule has 4 rings (SSSR count). The summed E-state index contributed by atoms with van der Waals surface area (Å²) in [5.74, 6) is 0.773. The Hall–Kier alpha value is -3.32. The van der Waals surface area contributed by atoms with Crippen LogP contribution in [0, 0.1) is 0 Å². The van der Waals surface area contributed by atoms with Gasteiger partial charge in [-0.2, -0.15) is 5.10 Å². The van der Waals surface area contributed by atoms with E-state index in [-0.39, 0.29) is 23.8 Å². The van der Waals surface area contributed by atoms with Crippen LogP contribution in [0.4, 0.5) is 0 Å². The summed E-state index contributed by atoms with van der Waals surface area (Å²) < 4.78 is 11.0. The van der Waals surface area contributed by atoms with Crippen molar-refractivity contribution in [3.63, 3.8) is 0 Å². The van der Waals surface area contributed by atoms with E-state index in [1.807, 2.05) is 49.1 Å². The van der Waals surface area contributed by atoms with Gasteiger partial charge in [0, 0.05) is 24.3 Å². The van der Waals surface area contributed by atoms with Crippen LogP contribution in [-0.4, -0.2) is 52.5 Å². The molecule has 2 heterocycles. The number of methoxy groups -OCH3 is 1. The lowest BCUT2D eigenvalue weighted by atomic mass is 9.95. The predicted octanol–water partition coefficient (Wildman–Crippen LogP) is 4.15. The van der Waals surface area contributed by atoms with E-state index < -0.39 is 0 Å². The molecule has 2 N–H and O–H groups in total. The van der Waals surface area contributed by atoms with Crippen LogP contribution in [0.3, 0.4) is 0 Å². The zero-order chi connectivity index (χ0) is 22.0. The van der Waals surface area contributed by atoms with E-state index in [4.69, 9.17) is 9.47 Å². The average molecular weight is 421 g/mol. The second-order valence-corrected chi connectivity index (χ2v) is 7.83. The summed E-state index contributed by atoms with van der Waals surface area (Å²) in [4.78, 5) is 15.1. The Kier molecular flexibility index (Phi) is 5.95. The Labute approximate surface area is 181 Å². The van der Waals surface area contributed by atoms with Crippen LogP contribution in [0.2, 0.25) is 0 Å². The van der Waals surface area contributed by atoms with Gasteiger partial charge in [-0.05, 0) is 50.1 Å². The van der Waals surface area contributed by atoms with E-state index in [0.717, 1.165) is 23.3 Å². The van der Waals surface area contributed by atoms with Crippen LogP contribution in [0.25, 0.3) is 11.3 Å². The summed E-state index contributed by atoms with van der Waals surface area (Å²) in [7, 11) is 1.62. The lowest BCUT2D eigenvalue weighted by molar-refractivity contribution is 0.0601. The molecule has 1 unspecified atom stereocenters. The van der Waals surface area contributed by atoms with E-state index in [9.17, 15) is 9.90 Å². The first-order valence-electron chi connectivity index (χ1n) is 10.4. The molecule has 7 nitrogen and oxygen atoms in total. The molecule has 0 bridgehead atoms. The fraction of sp³-hybridized carbons (Fsp3) is 0.333. The maximum absolute atomic E-state index is 13.3. The number of carbonyl (C=O) groups is 1. The first-order chi connectivity index (χ1) is 15.0. The molecule has 1 aromatic heterocycles. The topological polar surface area (TPSA) is 87.7 Å². The first kappa shape index (κ1) is 20.9. The highest BCUT2D eigenvalue weighted by atomic mass is 16.5. The van der Waals surface area contributed by atoms with Gasteiger partial charge < -0.3 is 19.5 Å². The number of ether oxygens (including phenoxy) is 2. The van der Waals surface area contributed by atoms with Gasteiger partial charge in [0.15, 0.2) is 0 Å². The molecule has 0 radical (unpaired) electrons. The number of nitrogens with zero attached hydrogens (tertiary/aromatic N) is 2. The third-order valence-electron chi connectivity index (χ3n) is 5.45.